The number of benzene rings is 1. The van der Waals surface area contributed by atoms with Crippen LogP contribution in [0.3, 0.4) is 0 Å². The third-order valence-corrected chi connectivity index (χ3v) is 4.31. The van der Waals surface area contributed by atoms with Gasteiger partial charge in [0.05, 0.1) is 12.6 Å². The Morgan fingerprint density at radius 2 is 1.92 bits per heavy atom. The van der Waals surface area contributed by atoms with Crippen molar-refractivity contribution in [2.45, 2.75) is 40.3 Å². The van der Waals surface area contributed by atoms with Gasteiger partial charge in [-0.3, -0.25) is 9.59 Å². The molecule has 24 heavy (non-hydrogen) atoms. The maximum atomic E-state index is 11.9. The minimum Gasteiger partial charge on any atom is -0.358 e. The van der Waals surface area contributed by atoms with Crippen LogP contribution in [-0.2, 0) is 16.1 Å². The first-order valence-electron chi connectivity index (χ1n) is 8.17. The molecule has 0 bridgehead atoms. The van der Waals surface area contributed by atoms with Crippen LogP contribution < -0.4 is 16.4 Å². The minimum atomic E-state index is -0.597. The summed E-state index contributed by atoms with van der Waals surface area (Å²) in [6.07, 6.45) is 0. The van der Waals surface area contributed by atoms with Gasteiger partial charge in [-0.2, -0.15) is 0 Å². The van der Waals surface area contributed by atoms with Gasteiger partial charge < -0.3 is 21.4 Å². The number of nitrogens with two attached hydrogens (primary N) is 1. The van der Waals surface area contributed by atoms with Crippen LogP contribution in [0.4, 0.5) is 0 Å². The van der Waals surface area contributed by atoms with Crippen molar-refractivity contribution < 1.29 is 9.59 Å². The Morgan fingerprint density at radius 3 is 2.58 bits per heavy atom. The number of H-pyrrole nitrogens is 1. The molecular weight excluding hydrogens is 304 g/mol. The van der Waals surface area contributed by atoms with Crippen LogP contribution in [0.5, 0.6) is 0 Å². The Labute approximate surface area is 142 Å². The number of aromatic nitrogens is 1. The van der Waals surface area contributed by atoms with Gasteiger partial charge in [0.2, 0.25) is 11.8 Å². The van der Waals surface area contributed by atoms with E-state index in [4.69, 9.17) is 5.73 Å². The third kappa shape index (κ3) is 4.14. The second-order valence-corrected chi connectivity index (χ2v) is 6.52. The lowest BCUT2D eigenvalue weighted by molar-refractivity contribution is -0.127. The molecule has 6 nitrogen and oxygen atoms in total. The van der Waals surface area contributed by atoms with E-state index in [1.807, 2.05) is 32.9 Å². The second kappa shape index (κ2) is 7.49. The van der Waals surface area contributed by atoms with E-state index in [0.29, 0.717) is 6.54 Å². The summed E-state index contributed by atoms with van der Waals surface area (Å²) in [6, 6.07) is 5.47. The molecule has 0 aliphatic rings. The molecule has 0 saturated heterocycles. The maximum Gasteiger partial charge on any atom is 0.239 e. The van der Waals surface area contributed by atoms with E-state index in [-0.39, 0.29) is 24.3 Å². The van der Waals surface area contributed by atoms with Crippen molar-refractivity contribution in [3.05, 3.63) is 35.0 Å². The van der Waals surface area contributed by atoms with Crippen LogP contribution in [0.1, 0.15) is 30.7 Å². The van der Waals surface area contributed by atoms with E-state index in [2.05, 4.69) is 28.6 Å². The topological polar surface area (TPSA) is 100 Å². The van der Waals surface area contributed by atoms with Crippen LogP contribution in [0, 0.1) is 19.8 Å². The normalized spacial score (nSPS) is 12.4. The summed E-state index contributed by atoms with van der Waals surface area (Å²) in [5.41, 5.74) is 10.2. The highest BCUT2D eigenvalue weighted by Crippen LogP contribution is 2.22. The molecule has 0 radical (unpaired) electrons. The van der Waals surface area contributed by atoms with E-state index < -0.39 is 6.04 Å². The average Bonchev–Trinajstić information content (AvgIpc) is 2.84. The van der Waals surface area contributed by atoms with Crippen LogP contribution >= 0.6 is 0 Å². The standard InChI is InChI=1S/C18H26N4O2/c1-10(2)17(19)18(24)21-9-16(23)20-8-13-5-6-15-14(7-13)11(3)12(4)22-15/h5-7,10,17,22H,8-9,19H2,1-4H3,(H,20,23)(H,21,24)/t17-/m0/s1. The summed E-state index contributed by atoms with van der Waals surface area (Å²) in [7, 11) is 0. The summed E-state index contributed by atoms with van der Waals surface area (Å²) in [5, 5.41) is 6.53. The first-order chi connectivity index (χ1) is 11.3. The molecule has 0 unspecified atom stereocenters. The summed E-state index contributed by atoms with van der Waals surface area (Å²) in [4.78, 5) is 26.9. The molecular formula is C18H26N4O2. The molecule has 0 aliphatic heterocycles. The Hall–Kier alpha value is -2.34. The molecule has 2 aromatic rings. The number of aromatic amines is 1. The average molecular weight is 330 g/mol. The summed E-state index contributed by atoms with van der Waals surface area (Å²) in [6.45, 7) is 8.20. The molecule has 0 saturated carbocycles. The van der Waals surface area contributed by atoms with Gasteiger partial charge in [0.15, 0.2) is 0 Å². The molecule has 0 fully saturated rings. The molecule has 6 heteroatoms. The van der Waals surface area contributed by atoms with Crippen LogP contribution in [-0.4, -0.2) is 29.4 Å². The van der Waals surface area contributed by atoms with E-state index >= 15 is 0 Å². The molecule has 2 amide bonds. The Balaban J connectivity index is 1.88. The zero-order valence-corrected chi connectivity index (χ0v) is 14.7. The van der Waals surface area contributed by atoms with Crippen molar-refractivity contribution >= 4 is 22.7 Å². The molecule has 1 atom stereocenters. The maximum absolute atomic E-state index is 11.9. The number of aryl methyl sites for hydroxylation is 2. The summed E-state index contributed by atoms with van der Waals surface area (Å²) >= 11 is 0. The Morgan fingerprint density at radius 1 is 1.21 bits per heavy atom. The fourth-order valence-electron chi connectivity index (χ4n) is 2.47. The number of hydrogen-bond acceptors (Lipinski definition) is 3. The van der Waals surface area contributed by atoms with Gasteiger partial charge in [-0.1, -0.05) is 19.9 Å². The zero-order valence-electron chi connectivity index (χ0n) is 14.7. The van der Waals surface area contributed by atoms with Gasteiger partial charge in [0.25, 0.3) is 0 Å². The van der Waals surface area contributed by atoms with Gasteiger partial charge >= 0.3 is 0 Å². The Kier molecular flexibility index (Phi) is 5.62. The SMILES string of the molecule is Cc1[nH]c2ccc(CNC(=O)CNC(=O)[C@@H](N)C(C)C)cc2c1C. The molecule has 130 valence electrons. The Bertz CT molecular complexity index is 749. The lowest BCUT2D eigenvalue weighted by atomic mass is 10.1. The first kappa shape index (κ1) is 18.0. The minimum absolute atomic E-state index is 0.0350. The van der Waals surface area contributed by atoms with Crippen molar-refractivity contribution in [1.82, 2.24) is 15.6 Å². The summed E-state index contributed by atoms with van der Waals surface area (Å²) in [5.74, 6) is -0.505. The van der Waals surface area contributed by atoms with Crippen molar-refractivity contribution in [3.8, 4) is 0 Å². The van der Waals surface area contributed by atoms with Crippen molar-refractivity contribution in [2.75, 3.05) is 6.54 Å². The number of amides is 2. The van der Waals surface area contributed by atoms with Crippen LogP contribution in [0.15, 0.2) is 18.2 Å². The number of rotatable bonds is 6. The molecule has 2 rings (SSSR count). The molecule has 1 heterocycles. The first-order valence-corrected chi connectivity index (χ1v) is 8.17. The number of hydrogen-bond donors (Lipinski definition) is 4. The number of fused-ring (bicyclic) bond motifs is 1. The molecule has 1 aromatic heterocycles. The van der Waals surface area contributed by atoms with Crippen molar-refractivity contribution in [3.63, 3.8) is 0 Å². The zero-order chi connectivity index (χ0) is 17.9. The number of carbonyl (C=O) groups is 2. The summed E-state index contributed by atoms with van der Waals surface area (Å²) < 4.78 is 0. The predicted octanol–water partition coefficient (Wildman–Crippen LogP) is 1.50. The molecule has 5 N–H and O–H groups in total. The highest BCUT2D eigenvalue weighted by molar-refractivity contribution is 5.88. The lowest BCUT2D eigenvalue weighted by Crippen LogP contribution is -2.47. The van der Waals surface area contributed by atoms with Crippen molar-refractivity contribution in [2.24, 2.45) is 11.7 Å². The van der Waals surface area contributed by atoms with E-state index in [9.17, 15) is 9.59 Å². The quantitative estimate of drug-likeness (QED) is 0.646. The van der Waals surface area contributed by atoms with Gasteiger partial charge in [0.1, 0.15) is 0 Å². The molecule has 0 spiro atoms. The van der Waals surface area contributed by atoms with E-state index in [0.717, 1.165) is 22.2 Å². The van der Waals surface area contributed by atoms with E-state index in [1.165, 1.54) is 5.56 Å². The molecule has 0 aliphatic carbocycles. The highest BCUT2D eigenvalue weighted by atomic mass is 16.2. The van der Waals surface area contributed by atoms with Crippen molar-refractivity contribution in [1.29, 1.82) is 0 Å². The van der Waals surface area contributed by atoms with Gasteiger partial charge in [0, 0.05) is 23.1 Å². The monoisotopic (exact) mass is 330 g/mol. The predicted molar refractivity (Wildman–Crippen MR) is 95.4 cm³/mol. The smallest absolute Gasteiger partial charge is 0.239 e. The van der Waals surface area contributed by atoms with Gasteiger partial charge in [-0.25, -0.2) is 0 Å². The lowest BCUT2D eigenvalue weighted by Gasteiger charge is -2.15. The van der Waals surface area contributed by atoms with Gasteiger partial charge in [-0.15, -0.1) is 0 Å². The second-order valence-electron chi connectivity index (χ2n) is 6.52. The largest absolute Gasteiger partial charge is 0.358 e. The van der Waals surface area contributed by atoms with Crippen LogP contribution in [0.2, 0.25) is 0 Å². The van der Waals surface area contributed by atoms with Gasteiger partial charge in [-0.05, 0) is 43.0 Å². The fraction of sp³-hybridized carbons (Fsp3) is 0.444. The number of nitrogens with one attached hydrogen (secondary N) is 3. The fourth-order valence-corrected chi connectivity index (χ4v) is 2.47. The van der Waals surface area contributed by atoms with E-state index in [1.54, 1.807) is 0 Å². The third-order valence-electron chi connectivity index (χ3n) is 4.31. The molecule has 1 aromatic carbocycles. The highest BCUT2D eigenvalue weighted by Gasteiger charge is 2.17. The number of carbonyl (C=O) groups excluding carboxylic acids is 2. The van der Waals surface area contributed by atoms with Crippen LogP contribution in [0.25, 0.3) is 10.9 Å².